The van der Waals surface area contributed by atoms with Crippen molar-refractivity contribution < 1.29 is 0 Å². The van der Waals surface area contributed by atoms with Crippen molar-refractivity contribution in [1.29, 1.82) is 0 Å². The molecule has 0 saturated heterocycles. The maximum Gasteiger partial charge on any atom is 0.250 e. The molecule has 1 aromatic carbocycles. The quantitative estimate of drug-likeness (QED) is 0.612. The fourth-order valence-corrected chi connectivity index (χ4v) is 2.72. The highest BCUT2D eigenvalue weighted by atomic mass is 16.1. The van der Waals surface area contributed by atoms with Gasteiger partial charge in [-0.05, 0) is 6.07 Å². The predicted molar refractivity (Wildman–Crippen MR) is 96.3 cm³/mol. The van der Waals surface area contributed by atoms with Crippen LogP contribution < -0.4 is 11.0 Å². The standard InChI is InChI=1S/C19H14N4O2/c1-23-11-13(7-8-15(23)25)17-16(12-5-3-2-4-6-12)22-19-18(21-17)14(24)9-10-20-19/h2-11H,1H3,(H,20,22,24). The first kappa shape index (κ1) is 15.0. The van der Waals surface area contributed by atoms with Gasteiger partial charge in [-0.3, -0.25) is 9.59 Å². The second-order valence-electron chi connectivity index (χ2n) is 5.69. The van der Waals surface area contributed by atoms with E-state index in [9.17, 15) is 9.59 Å². The summed E-state index contributed by atoms with van der Waals surface area (Å²) in [6.45, 7) is 0. The second-order valence-corrected chi connectivity index (χ2v) is 5.69. The van der Waals surface area contributed by atoms with Crippen molar-refractivity contribution in [3.63, 3.8) is 0 Å². The number of aromatic amines is 1. The lowest BCUT2D eigenvalue weighted by Gasteiger charge is -2.10. The number of nitrogens with zero attached hydrogens (tertiary/aromatic N) is 3. The highest BCUT2D eigenvalue weighted by Gasteiger charge is 2.15. The van der Waals surface area contributed by atoms with Gasteiger partial charge < -0.3 is 9.55 Å². The number of fused-ring (bicyclic) bond motifs is 1. The summed E-state index contributed by atoms with van der Waals surface area (Å²) < 4.78 is 1.48. The van der Waals surface area contributed by atoms with Crippen molar-refractivity contribution in [2.45, 2.75) is 0 Å². The number of pyridine rings is 2. The Bertz CT molecular complexity index is 1190. The molecule has 0 saturated carbocycles. The highest BCUT2D eigenvalue weighted by Crippen LogP contribution is 2.29. The van der Waals surface area contributed by atoms with E-state index >= 15 is 0 Å². The zero-order valence-electron chi connectivity index (χ0n) is 13.4. The second kappa shape index (κ2) is 5.83. The van der Waals surface area contributed by atoms with Gasteiger partial charge in [-0.15, -0.1) is 0 Å². The van der Waals surface area contributed by atoms with E-state index in [1.54, 1.807) is 25.5 Å². The maximum absolute atomic E-state index is 12.2. The van der Waals surface area contributed by atoms with E-state index in [1.807, 2.05) is 30.3 Å². The first-order valence-electron chi connectivity index (χ1n) is 7.75. The van der Waals surface area contributed by atoms with E-state index in [2.05, 4.69) is 15.0 Å². The van der Waals surface area contributed by atoms with Crippen molar-refractivity contribution in [2.24, 2.45) is 7.05 Å². The topological polar surface area (TPSA) is 80.6 Å². The van der Waals surface area contributed by atoms with Crippen LogP contribution in [0.25, 0.3) is 33.7 Å². The molecule has 1 N–H and O–H groups in total. The average Bonchev–Trinajstić information content (AvgIpc) is 2.64. The van der Waals surface area contributed by atoms with Crippen LogP contribution in [0.1, 0.15) is 0 Å². The first-order valence-corrected chi connectivity index (χ1v) is 7.75. The third kappa shape index (κ3) is 2.63. The largest absolute Gasteiger partial charge is 0.345 e. The summed E-state index contributed by atoms with van der Waals surface area (Å²) in [7, 11) is 1.68. The minimum Gasteiger partial charge on any atom is -0.345 e. The number of nitrogens with one attached hydrogen (secondary N) is 1. The molecule has 0 bridgehead atoms. The number of aromatic nitrogens is 4. The molecule has 6 heteroatoms. The van der Waals surface area contributed by atoms with E-state index < -0.39 is 0 Å². The van der Waals surface area contributed by atoms with Crippen LogP contribution in [0.5, 0.6) is 0 Å². The molecule has 0 amide bonds. The number of aryl methyl sites for hydroxylation is 1. The van der Waals surface area contributed by atoms with Crippen LogP contribution in [0.2, 0.25) is 0 Å². The van der Waals surface area contributed by atoms with E-state index in [4.69, 9.17) is 0 Å². The summed E-state index contributed by atoms with van der Waals surface area (Å²) in [5, 5.41) is 0. The van der Waals surface area contributed by atoms with Crippen molar-refractivity contribution >= 4 is 11.2 Å². The molecule has 0 atom stereocenters. The molecule has 3 heterocycles. The summed E-state index contributed by atoms with van der Waals surface area (Å²) in [5.74, 6) is 0. The summed E-state index contributed by atoms with van der Waals surface area (Å²) in [4.78, 5) is 36.0. The lowest BCUT2D eigenvalue weighted by atomic mass is 10.1. The van der Waals surface area contributed by atoms with Crippen LogP contribution in [0.3, 0.4) is 0 Å². The van der Waals surface area contributed by atoms with E-state index in [1.165, 1.54) is 16.7 Å². The Morgan fingerprint density at radius 3 is 2.40 bits per heavy atom. The Morgan fingerprint density at radius 1 is 0.880 bits per heavy atom. The van der Waals surface area contributed by atoms with Gasteiger partial charge >= 0.3 is 0 Å². The Kier molecular flexibility index (Phi) is 3.50. The molecule has 0 fully saturated rings. The monoisotopic (exact) mass is 330 g/mol. The molecule has 0 radical (unpaired) electrons. The molecule has 0 aliphatic carbocycles. The summed E-state index contributed by atoms with van der Waals surface area (Å²) in [6.07, 6.45) is 3.25. The SMILES string of the molecule is Cn1cc(-c2nc3c(=O)cc[nH]c3nc2-c2ccccc2)ccc1=O. The summed E-state index contributed by atoms with van der Waals surface area (Å²) >= 11 is 0. The molecule has 122 valence electrons. The van der Waals surface area contributed by atoms with Gasteiger partial charge in [0.15, 0.2) is 11.2 Å². The lowest BCUT2D eigenvalue weighted by molar-refractivity contribution is 0.861. The minimum absolute atomic E-state index is 0.114. The molecule has 3 aromatic heterocycles. The van der Waals surface area contributed by atoms with E-state index in [0.717, 1.165) is 11.1 Å². The molecule has 4 rings (SSSR count). The molecule has 0 aliphatic rings. The molecular formula is C19H14N4O2. The Balaban J connectivity index is 2.09. The van der Waals surface area contributed by atoms with Gasteiger partial charge in [-0.25, -0.2) is 9.97 Å². The molecule has 6 nitrogen and oxygen atoms in total. The fourth-order valence-electron chi connectivity index (χ4n) is 2.72. The van der Waals surface area contributed by atoms with Gasteiger partial charge in [0.05, 0.1) is 11.4 Å². The Hall–Kier alpha value is -3.54. The Morgan fingerprint density at radius 2 is 1.64 bits per heavy atom. The van der Waals surface area contributed by atoms with Crippen LogP contribution in [0, 0.1) is 0 Å². The fraction of sp³-hybridized carbons (Fsp3) is 0.0526. The number of hydrogen-bond acceptors (Lipinski definition) is 4. The van der Waals surface area contributed by atoms with Crippen molar-refractivity contribution in [1.82, 2.24) is 19.5 Å². The number of benzene rings is 1. The third-order valence-electron chi connectivity index (χ3n) is 3.99. The molecule has 0 spiro atoms. The smallest absolute Gasteiger partial charge is 0.250 e. The predicted octanol–water partition coefficient (Wildman–Crippen LogP) is 2.35. The van der Waals surface area contributed by atoms with Crippen LogP contribution in [-0.2, 0) is 7.05 Å². The lowest BCUT2D eigenvalue weighted by Crippen LogP contribution is -2.14. The molecule has 0 unspecified atom stereocenters. The summed E-state index contributed by atoms with van der Waals surface area (Å²) in [6, 6.07) is 14.2. The zero-order valence-corrected chi connectivity index (χ0v) is 13.4. The van der Waals surface area contributed by atoms with Crippen molar-refractivity contribution in [3.05, 3.63) is 81.5 Å². The van der Waals surface area contributed by atoms with E-state index in [0.29, 0.717) is 17.0 Å². The highest BCUT2D eigenvalue weighted by molar-refractivity contribution is 5.84. The molecular weight excluding hydrogens is 316 g/mol. The van der Waals surface area contributed by atoms with Gasteiger partial charge in [0, 0.05) is 42.7 Å². The minimum atomic E-state index is -0.202. The van der Waals surface area contributed by atoms with Gasteiger partial charge in [-0.2, -0.15) is 0 Å². The molecule has 4 aromatic rings. The zero-order chi connectivity index (χ0) is 17.4. The van der Waals surface area contributed by atoms with Crippen LogP contribution in [0.4, 0.5) is 0 Å². The first-order chi connectivity index (χ1) is 12.1. The molecule has 0 aliphatic heterocycles. The van der Waals surface area contributed by atoms with Gasteiger partial charge in [-0.1, -0.05) is 30.3 Å². The average molecular weight is 330 g/mol. The van der Waals surface area contributed by atoms with E-state index in [-0.39, 0.29) is 16.5 Å². The third-order valence-corrected chi connectivity index (χ3v) is 3.99. The van der Waals surface area contributed by atoms with Gasteiger partial charge in [0.1, 0.15) is 0 Å². The number of H-pyrrole nitrogens is 1. The van der Waals surface area contributed by atoms with Gasteiger partial charge in [0.25, 0.3) is 0 Å². The maximum atomic E-state index is 12.2. The van der Waals surface area contributed by atoms with Crippen molar-refractivity contribution in [3.8, 4) is 22.5 Å². The van der Waals surface area contributed by atoms with Crippen LogP contribution in [0.15, 0.2) is 70.5 Å². The van der Waals surface area contributed by atoms with Gasteiger partial charge in [0.2, 0.25) is 11.0 Å². The Labute approximate surface area is 142 Å². The van der Waals surface area contributed by atoms with Crippen LogP contribution >= 0.6 is 0 Å². The molecule has 25 heavy (non-hydrogen) atoms. The van der Waals surface area contributed by atoms with Crippen LogP contribution in [-0.4, -0.2) is 19.5 Å². The number of hydrogen-bond donors (Lipinski definition) is 1. The number of rotatable bonds is 2. The van der Waals surface area contributed by atoms with Crippen molar-refractivity contribution in [2.75, 3.05) is 0 Å². The normalized spacial score (nSPS) is 10.9. The summed E-state index contributed by atoms with van der Waals surface area (Å²) in [5.41, 5.74) is 3.19.